The van der Waals surface area contributed by atoms with Gasteiger partial charge in [0.05, 0.1) is 0 Å². The number of thioether (sulfide) groups is 1. The molecule has 0 aromatic carbocycles. The second kappa shape index (κ2) is 2.67. The van der Waals surface area contributed by atoms with Crippen molar-refractivity contribution in [1.82, 2.24) is 0 Å². The highest BCUT2D eigenvalue weighted by molar-refractivity contribution is 8.07. The fourth-order valence-electron chi connectivity index (χ4n) is 3.33. The number of hydrogen-bond acceptors (Lipinski definition) is 1. The highest BCUT2D eigenvalue weighted by Gasteiger charge is 2.49. The lowest BCUT2D eigenvalue weighted by Crippen LogP contribution is -2.31. The minimum absolute atomic E-state index is 0.832. The maximum absolute atomic E-state index is 2.25. The van der Waals surface area contributed by atoms with Crippen molar-refractivity contribution in [2.75, 3.05) is 5.75 Å². The van der Waals surface area contributed by atoms with Gasteiger partial charge in [0.25, 0.3) is 0 Å². The summed E-state index contributed by atoms with van der Waals surface area (Å²) in [6, 6.07) is 0. The van der Waals surface area contributed by atoms with Gasteiger partial charge in [0.1, 0.15) is 0 Å². The van der Waals surface area contributed by atoms with Crippen LogP contribution >= 0.6 is 11.8 Å². The number of rotatable bonds is 0. The Kier molecular flexibility index (Phi) is 1.72. The first-order valence-corrected chi connectivity index (χ1v) is 6.51. The van der Waals surface area contributed by atoms with E-state index in [-0.39, 0.29) is 0 Å². The second-order valence-electron chi connectivity index (χ2n) is 5.02. The van der Waals surface area contributed by atoms with Gasteiger partial charge in [-0.15, -0.1) is 0 Å². The maximum atomic E-state index is 2.25. The summed E-state index contributed by atoms with van der Waals surface area (Å²) in [5, 5.41) is 0. The van der Waals surface area contributed by atoms with Crippen LogP contribution in [0.5, 0.6) is 0 Å². The smallest absolute Gasteiger partial charge is 0.0254 e. The van der Waals surface area contributed by atoms with Crippen LogP contribution < -0.4 is 0 Å². The van der Waals surface area contributed by atoms with Crippen molar-refractivity contribution in [2.45, 2.75) is 49.7 Å². The van der Waals surface area contributed by atoms with E-state index in [2.05, 4.69) is 11.8 Å². The van der Waals surface area contributed by atoms with Gasteiger partial charge >= 0.3 is 0 Å². The predicted molar refractivity (Wildman–Crippen MR) is 54.5 cm³/mol. The van der Waals surface area contributed by atoms with E-state index in [9.17, 15) is 0 Å². The van der Waals surface area contributed by atoms with Gasteiger partial charge in [-0.25, -0.2) is 0 Å². The SMILES string of the molecule is C1CCC2CC3(CCC2C1)CS3. The summed E-state index contributed by atoms with van der Waals surface area (Å²) in [7, 11) is 0. The van der Waals surface area contributed by atoms with Crippen LogP contribution in [-0.2, 0) is 0 Å². The Bertz CT molecular complexity index is 183. The Morgan fingerprint density at radius 3 is 2.50 bits per heavy atom. The van der Waals surface area contributed by atoms with Crippen molar-refractivity contribution in [3.8, 4) is 0 Å². The van der Waals surface area contributed by atoms with Crippen molar-refractivity contribution in [1.29, 1.82) is 0 Å². The highest BCUT2D eigenvalue weighted by Crippen LogP contribution is 2.59. The lowest BCUT2D eigenvalue weighted by Gasteiger charge is -2.38. The molecule has 3 rings (SSSR count). The normalized spacial score (nSPS) is 52.0. The molecule has 1 heteroatoms. The van der Waals surface area contributed by atoms with Gasteiger partial charge in [-0.2, -0.15) is 11.8 Å². The lowest BCUT2D eigenvalue weighted by molar-refractivity contribution is 0.159. The molecule has 0 amide bonds. The molecule has 3 unspecified atom stereocenters. The van der Waals surface area contributed by atoms with E-state index in [1.54, 1.807) is 32.1 Å². The zero-order chi connectivity index (χ0) is 8.02. The Morgan fingerprint density at radius 1 is 1.00 bits per heavy atom. The van der Waals surface area contributed by atoms with Crippen molar-refractivity contribution in [2.24, 2.45) is 11.8 Å². The summed E-state index contributed by atoms with van der Waals surface area (Å²) in [5.74, 6) is 3.78. The van der Waals surface area contributed by atoms with Gasteiger partial charge in [-0.1, -0.05) is 25.7 Å². The molecule has 0 aromatic heterocycles. The minimum atomic E-state index is 0.832. The topological polar surface area (TPSA) is 0 Å². The Labute approximate surface area is 79.5 Å². The van der Waals surface area contributed by atoms with Crippen molar-refractivity contribution < 1.29 is 0 Å². The maximum Gasteiger partial charge on any atom is 0.0254 e. The van der Waals surface area contributed by atoms with E-state index in [1.807, 2.05) is 0 Å². The molecule has 0 aromatic rings. The standard InChI is InChI=1S/C11H18S/c1-2-4-10-7-11(8-12-11)6-5-9(10)3-1/h9-10H,1-8H2. The fourth-order valence-corrected chi connectivity index (χ4v) is 4.39. The summed E-state index contributed by atoms with van der Waals surface area (Å²) >= 11 is 2.25. The van der Waals surface area contributed by atoms with Crippen LogP contribution in [-0.4, -0.2) is 10.5 Å². The van der Waals surface area contributed by atoms with Gasteiger partial charge in [0.15, 0.2) is 0 Å². The van der Waals surface area contributed by atoms with Crippen LogP contribution in [0.15, 0.2) is 0 Å². The first-order chi connectivity index (χ1) is 5.88. The van der Waals surface area contributed by atoms with Crippen LogP contribution in [0, 0.1) is 11.8 Å². The lowest BCUT2D eigenvalue weighted by atomic mass is 9.68. The van der Waals surface area contributed by atoms with E-state index in [1.165, 1.54) is 18.6 Å². The van der Waals surface area contributed by atoms with Crippen LogP contribution in [0.3, 0.4) is 0 Å². The van der Waals surface area contributed by atoms with Crippen LogP contribution in [0.25, 0.3) is 0 Å². The highest BCUT2D eigenvalue weighted by atomic mass is 32.2. The third-order valence-electron chi connectivity index (χ3n) is 4.22. The molecular formula is C11H18S. The van der Waals surface area contributed by atoms with Crippen LogP contribution in [0.2, 0.25) is 0 Å². The van der Waals surface area contributed by atoms with E-state index in [4.69, 9.17) is 0 Å². The molecule has 0 radical (unpaired) electrons. The average molecular weight is 182 g/mol. The van der Waals surface area contributed by atoms with Gasteiger partial charge in [-0.05, 0) is 31.1 Å². The molecule has 0 nitrogen and oxygen atoms in total. The van der Waals surface area contributed by atoms with Gasteiger partial charge < -0.3 is 0 Å². The number of hydrogen-bond donors (Lipinski definition) is 0. The molecule has 1 aliphatic heterocycles. The Morgan fingerprint density at radius 2 is 1.75 bits per heavy atom. The van der Waals surface area contributed by atoms with Crippen LogP contribution in [0.4, 0.5) is 0 Å². The molecule has 2 aliphatic carbocycles. The largest absolute Gasteiger partial charge is 0.153 e. The second-order valence-corrected chi connectivity index (χ2v) is 6.46. The summed E-state index contributed by atoms with van der Waals surface area (Å²) in [4.78, 5) is 0. The quantitative estimate of drug-likeness (QED) is 0.517. The van der Waals surface area contributed by atoms with E-state index in [0.29, 0.717) is 0 Å². The van der Waals surface area contributed by atoms with E-state index < -0.39 is 0 Å². The number of fused-ring (bicyclic) bond motifs is 1. The molecule has 0 bridgehead atoms. The summed E-state index contributed by atoms with van der Waals surface area (Å²) < 4.78 is 0.832. The third-order valence-corrected chi connectivity index (χ3v) is 5.70. The van der Waals surface area contributed by atoms with Gasteiger partial charge in [0.2, 0.25) is 0 Å². The molecule has 1 saturated heterocycles. The molecule has 0 N–H and O–H groups in total. The monoisotopic (exact) mass is 182 g/mol. The minimum Gasteiger partial charge on any atom is -0.153 e. The first-order valence-electron chi connectivity index (χ1n) is 5.52. The molecule has 1 heterocycles. The molecule has 68 valence electrons. The summed E-state index contributed by atoms with van der Waals surface area (Å²) in [6.45, 7) is 0. The van der Waals surface area contributed by atoms with Gasteiger partial charge in [-0.3, -0.25) is 0 Å². The van der Waals surface area contributed by atoms with Crippen molar-refractivity contribution in [3.05, 3.63) is 0 Å². The van der Waals surface area contributed by atoms with E-state index >= 15 is 0 Å². The van der Waals surface area contributed by atoms with Gasteiger partial charge in [0, 0.05) is 10.5 Å². The Balaban J connectivity index is 1.70. The molecule has 1 spiro atoms. The van der Waals surface area contributed by atoms with E-state index in [0.717, 1.165) is 16.6 Å². The molecule has 3 fully saturated rings. The summed E-state index contributed by atoms with van der Waals surface area (Å²) in [6.07, 6.45) is 10.9. The molecule has 3 atom stereocenters. The molecular weight excluding hydrogens is 164 g/mol. The van der Waals surface area contributed by atoms with Crippen molar-refractivity contribution in [3.63, 3.8) is 0 Å². The van der Waals surface area contributed by atoms with Crippen LogP contribution in [0.1, 0.15) is 44.9 Å². The van der Waals surface area contributed by atoms with Crippen molar-refractivity contribution >= 4 is 11.8 Å². The molecule has 12 heavy (non-hydrogen) atoms. The average Bonchev–Trinajstić information content (AvgIpc) is 2.85. The third kappa shape index (κ3) is 1.21. The Hall–Kier alpha value is 0.350. The summed E-state index contributed by atoms with van der Waals surface area (Å²) in [5.41, 5.74) is 0. The zero-order valence-electron chi connectivity index (χ0n) is 7.72. The zero-order valence-corrected chi connectivity index (χ0v) is 8.54. The predicted octanol–water partition coefficient (Wildman–Crippen LogP) is 3.46. The molecule has 3 aliphatic rings. The first kappa shape index (κ1) is 7.73. The fraction of sp³-hybridized carbons (Fsp3) is 1.00. The molecule has 2 saturated carbocycles.